The van der Waals surface area contributed by atoms with Crippen molar-refractivity contribution in [2.75, 3.05) is 0 Å². The zero-order valence-corrected chi connectivity index (χ0v) is 19.4. The number of nitrogens with zero attached hydrogens (tertiary/aromatic N) is 3. The third-order valence-electron chi connectivity index (χ3n) is 6.20. The Balaban J connectivity index is 1.50. The van der Waals surface area contributed by atoms with Gasteiger partial charge in [-0.25, -0.2) is 36.1 Å². The molecule has 4 aromatic rings. The van der Waals surface area contributed by atoms with Crippen LogP contribution in [0, 0.1) is 23.3 Å². The number of hydrogen-bond donors (Lipinski definition) is 1. The van der Waals surface area contributed by atoms with E-state index in [-0.39, 0.29) is 12.0 Å². The molecule has 0 unspecified atom stereocenters. The van der Waals surface area contributed by atoms with Gasteiger partial charge in [-0.3, -0.25) is 9.48 Å². The predicted octanol–water partition coefficient (Wildman–Crippen LogP) is 4.47. The first kappa shape index (κ1) is 25.5. The summed E-state index contributed by atoms with van der Waals surface area (Å²) in [5, 5.41) is 5.88. The van der Waals surface area contributed by atoms with Crippen LogP contribution in [-0.4, -0.2) is 20.7 Å². The van der Waals surface area contributed by atoms with Crippen molar-refractivity contribution in [2.24, 2.45) is 0 Å². The van der Waals surface area contributed by atoms with E-state index in [9.17, 15) is 35.9 Å². The second kappa shape index (κ2) is 9.95. The number of rotatable bonds is 7. The van der Waals surface area contributed by atoms with Gasteiger partial charge in [-0.15, -0.1) is 0 Å². The molecule has 2 heterocycles. The van der Waals surface area contributed by atoms with Crippen molar-refractivity contribution in [3.63, 3.8) is 0 Å². The lowest BCUT2D eigenvalue weighted by Crippen LogP contribution is -2.34. The molecule has 0 saturated carbocycles. The summed E-state index contributed by atoms with van der Waals surface area (Å²) in [6.07, 6.45) is -1.68. The van der Waals surface area contributed by atoms with Crippen molar-refractivity contribution in [1.29, 1.82) is 0 Å². The summed E-state index contributed by atoms with van der Waals surface area (Å²) in [5.41, 5.74) is -1.16. The van der Waals surface area contributed by atoms with Crippen LogP contribution in [0.5, 0.6) is 0 Å². The second-order valence-corrected chi connectivity index (χ2v) is 8.85. The highest BCUT2D eigenvalue weighted by molar-refractivity contribution is 5.78. The first-order valence-corrected chi connectivity index (χ1v) is 11.5. The molecule has 0 aliphatic heterocycles. The zero-order chi connectivity index (χ0) is 27.1. The minimum Gasteiger partial charge on any atom is -0.406 e. The molecule has 1 atom stereocenters. The molecular weight excluding hydrogens is 518 g/mol. The molecule has 2 aromatic carbocycles. The number of carbonyl (C=O) groups is 1. The molecule has 1 N–H and O–H groups in total. The van der Waals surface area contributed by atoms with Gasteiger partial charge in [0.25, 0.3) is 6.43 Å². The molecule has 0 saturated heterocycles. The fraction of sp³-hybridized carbons (Fsp3) is 0.280. The van der Waals surface area contributed by atoms with Crippen molar-refractivity contribution < 1.29 is 35.6 Å². The number of carbonyl (C=O) groups excluding carboxylic acids is 1. The summed E-state index contributed by atoms with van der Waals surface area (Å²) in [5.74, 6) is -5.30. The lowest BCUT2D eigenvalue weighted by atomic mass is 10.0. The van der Waals surface area contributed by atoms with Crippen LogP contribution in [0.25, 0.3) is 10.9 Å². The van der Waals surface area contributed by atoms with E-state index in [0.29, 0.717) is 42.7 Å². The van der Waals surface area contributed by atoms with Gasteiger partial charge in [-0.1, -0.05) is 0 Å². The minimum absolute atomic E-state index is 0.0388. The molecule has 1 aliphatic carbocycles. The quantitative estimate of drug-likeness (QED) is 0.352. The number of halogens is 6. The molecule has 5 rings (SSSR count). The smallest absolute Gasteiger partial charge is 0.347 e. The lowest BCUT2D eigenvalue weighted by Gasteiger charge is -2.18. The van der Waals surface area contributed by atoms with Gasteiger partial charge in [-0.05, 0) is 43.0 Å². The number of amides is 1. The molecule has 0 bridgehead atoms. The number of aromatic nitrogens is 3. The highest BCUT2D eigenvalue weighted by Gasteiger charge is 2.29. The largest absolute Gasteiger partial charge is 0.406 e. The Morgan fingerprint density at radius 3 is 2.45 bits per heavy atom. The van der Waals surface area contributed by atoms with E-state index in [4.69, 9.17) is 4.42 Å². The van der Waals surface area contributed by atoms with Gasteiger partial charge in [-0.2, -0.15) is 5.10 Å². The van der Waals surface area contributed by atoms with Crippen LogP contribution >= 0.6 is 0 Å². The Kier molecular flexibility index (Phi) is 6.67. The average Bonchev–Trinajstić information content (AvgIpc) is 3.42. The van der Waals surface area contributed by atoms with Crippen LogP contribution in [0.4, 0.5) is 26.3 Å². The fourth-order valence-corrected chi connectivity index (χ4v) is 4.65. The van der Waals surface area contributed by atoms with Gasteiger partial charge in [0.15, 0.2) is 5.82 Å². The monoisotopic (exact) mass is 536 g/mol. The number of fused-ring (bicyclic) bond motifs is 2. The highest BCUT2D eigenvalue weighted by atomic mass is 19.3. The van der Waals surface area contributed by atoms with E-state index in [1.807, 2.05) is 0 Å². The standard InChI is InChI=1S/C25H18F6N4O3/c26-12-4-11(5-13(27)7-12)6-18(24-33-21-16(25(37)38-24)8-14(28)9-17(21)29)32-20(36)10-35-19-3-1-2-15(19)22(34-35)23(30)31/h4-5,7-9,18,23H,1-3,6,10H2,(H,32,36)/t18-/m0/s1. The maximum absolute atomic E-state index is 14.4. The Hall–Kier alpha value is -4.16. The van der Waals surface area contributed by atoms with Gasteiger partial charge in [0.05, 0.1) is 5.39 Å². The van der Waals surface area contributed by atoms with Crippen molar-refractivity contribution in [2.45, 2.75) is 44.7 Å². The van der Waals surface area contributed by atoms with Crippen LogP contribution in [0.3, 0.4) is 0 Å². The fourth-order valence-electron chi connectivity index (χ4n) is 4.65. The van der Waals surface area contributed by atoms with E-state index in [2.05, 4.69) is 15.4 Å². The highest BCUT2D eigenvalue weighted by Crippen LogP contribution is 2.31. The van der Waals surface area contributed by atoms with E-state index in [0.717, 1.165) is 22.9 Å². The number of benzene rings is 2. The molecule has 7 nitrogen and oxygen atoms in total. The third-order valence-corrected chi connectivity index (χ3v) is 6.20. The molecule has 0 fully saturated rings. The molecule has 13 heteroatoms. The van der Waals surface area contributed by atoms with Crippen LogP contribution in [0.2, 0.25) is 0 Å². The Morgan fingerprint density at radius 2 is 1.74 bits per heavy atom. The summed E-state index contributed by atoms with van der Waals surface area (Å²) in [7, 11) is 0. The normalized spacial score (nSPS) is 13.8. The first-order chi connectivity index (χ1) is 18.1. The molecule has 2 aromatic heterocycles. The van der Waals surface area contributed by atoms with Crippen LogP contribution in [0.1, 0.15) is 47.3 Å². The van der Waals surface area contributed by atoms with Gasteiger partial charge in [0.2, 0.25) is 11.8 Å². The summed E-state index contributed by atoms with van der Waals surface area (Å²) >= 11 is 0. The first-order valence-electron chi connectivity index (χ1n) is 11.5. The minimum atomic E-state index is -2.82. The van der Waals surface area contributed by atoms with Crippen molar-refractivity contribution >= 4 is 16.8 Å². The zero-order valence-electron chi connectivity index (χ0n) is 19.4. The van der Waals surface area contributed by atoms with Gasteiger partial charge < -0.3 is 9.73 Å². The maximum Gasteiger partial charge on any atom is 0.347 e. The number of hydrogen-bond acceptors (Lipinski definition) is 5. The summed E-state index contributed by atoms with van der Waals surface area (Å²) in [6.45, 7) is -0.486. The van der Waals surface area contributed by atoms with Crippen LogP contribution in [-0.2, 0) is 30.6 Å². The molecule has 0 radical (unpaired) electrons. The molecule has 1 amide bonds. The molecule has 0 spiro atoms. The summed E-state index contributed by atoms with van der Waals surface area (Å²) in [6, 6.07) is 2.49. The van der Waals surface area contributed by atoms with Crippen LogP contribution < -0.4 is 10.9 Å². The van der Waals surface area contributed by atoms with Crippen molar-refractivity contribution in [3.8, 4) is 0 Å². The number of nitrogens with one attached hydrogen (secondary N) is 1. The van der Waals surface area contributed by atoms with E-state index in [1.54, 1.807) is 0 Å². The Labute approximate surface area is 210 Å². The lowest BCUT2D eigenvalue weighted by molar-refractivity contribution is -0.122. The van der Waals surface area contributed by atoms with E-state index < -0.39 is 76.3 Å². The molecule has 38 heavy (non-hydrogen) atoms. The predicted molar refractivity (Wildman–Crippen MR) is 120 cm³/mol. The maximum atomic E-state index is 14.4. The molecule has 1 aliphatic rings. The van der Waals surface area contributed by atoms with E-state index >= 15 is 0 Å². The van der Waals surface area contributed by atoms with Crippen LogP contribution in [0.15, 0.2) is 39.5 Å². The third kappa shape index (κ3) is 5.00. The Morgan fingerprint density at radius 1 is 1.03 bits per heavy atom. The van der Waals surface area contributed by atoms with Gasteiger partial charge >= 0.3 is 5.63 Å². The average molecular weight is 536 g/mol. The van der Waals surface area contributed by atoms with Crippen molar-refractivity contribution in [3.05, 3.63) is 92.4 Å². The van der Waals surface area contributed by atoms with Crippen molar-refractivity contribution in [1.82, 2.24) is 20.1 Å². The van der Waals surface area contributed by atoms with Gasteiger partial charge in [0.1, 0.15) is 41.2 Å². The summed E-state index contributed by atoms with van der Waals surface area (Å²) < 4.78 is 88.7. The van der Waals surface area contributed by atoms with Gasteiger partial charge in [0, 0.05) is 29.8 Å². The molecular formula is C25H18F6N4O3. The topological polar surface area (TPSA) is 90.0 Å². The number of alkyl halides is 2. The van der Waals surface area contributed by atoms with E-state index in [1.165, 1.54) is 0 Å². The Bertz CT molecular complexity index is 1600. The molecule has 198 valence electrons. The SMILES string of the molecule is O=C(Cn1nc(C(F)F)c2c1CCC2)N[C@@H](Cc1cc(F)cc(F)c1)c1nc2c(F)cc(F)cc2c(=O)o1. The second-order valence-electron chi connectivity index (χ2n) is 8.85. The summed E-state index contributed by atoms with van der Waals surface area (Å²) in [4.78, 5) is 29.4.